The summed E-state index contributed by atoms with van der Waals surface area (Å²) in [4.78, 5) is 22.3. The number of carbonyl (C=O) groups excluding carboxylic acids is 1. The number of carbonyl (C=O) groups is 1. The molecule has 1 aliphatic heterocycles. The van der Waals surface area contributed by atoms with E-state index in [4.69, 9.17) is 5.73 Å². The fourth-order valence-corrected chi connectivity index (χ4v) is 3.66. The van der Waals surface area contributed by atoms with Crippen LogP contribution in [-0.2, 0) is 0 Å². The van der Waals surface area contributed by atoms with Gasteiger partial charge in [0.2, 0.25) is 0 Å². The summed E-state index contributed by atoms with van der Waals surface area (Å²) in [5.74, 6) is 0.634. The molecular weight excluding hydrogens is 300 g/mol. The van der Waals surface area contributed by atoms with Gasteiger partial charge in [0.05, 0.1) is 5.56 Å². The maximum atomic E-state index is 13.0. The third-order valence-electron chi connectivity index (χ3n) is 4.94. The standard InChI is InChI=1S/C19H20N4O/c20-9-14-11-23(12-17(14)13-5-2-1-3-6-13)19(24)16-10-22-18-15(16)7-4-8-21-18/h1-8,10,14,17H,9,11-12,20H2,(H,21,22)/t14-,17+/m1/s1. The Morgan fingerprint density at radius 3 is 2.83 bits per heavy atom. The SMILES string of the molecule is NC[C@@H]1CN(C(=O)c2c[nH]c3ncccc23)C[C@H]1c1ccccc1. The quantitative estimate of drug-likeness (QED) is 0.778. The number of benzene rings is 1. The van der Waals surface area contributed by atoms with Crippen molar-refractivity contribution in [1.82, 2.24) is 14.9 Å². The summed E-state index contributed by atoms with van der Waals surface area (Å²) in [6.45, 7) is 1.98. The van der Waals surface area contributed by atoms with E-state index in [0.29, 0.717) is 37.0 Å². The summed E-state index contributed by atoms with van der Waals surface area (Å²) in [5, 5.41) is 0.870. The molecule has 2 atom stereocenters. The van der Waals surface area contributed by atoms with Crippen molar-refractivity contribution >= 4 is 16.9 Å². The second-order valence-electron chi connectivity index (χ2n) is 6.33. The lowest BCUT2D eigenvalue weighted by atomic mass is 9.89. The molecule has 0 aliphatic carbocycles. The average Bonchev–Trinajstić information content (AvgIpc) is 3.26. The van der Waals surface area contributed by atoms with Crippen molar-refractivity contribution in [1.29, 1.82) is 0 Å². The molecule has 1 aliphatic rings. The Hall–Kier alpha value is -2.66. The minimum absolute atomic E-state index is 0.0473. The monoisotopic (exact) mass is 320 g/mol. The molecule has 0 bridgehead atoms. The van der Waals surface area contributed by atoms with Gasteiger partial charge in [-0.1, -0.05) is 30.3 Å². The van der Waals surface area contributed by atoms with Crippen LogP contribution in [0.15, 0.2) is 54.9 Å². The number of nitrogens with two attached hydrogens (primary N) is 1. The fraction of sp³-hybridized carbons (Fsp3) is 0.263. The number of aromatic nitrogens is 2. The van der Waals surface area contributed by atoms with Crippen LogP contribution in [-0.4, -0.2) is 40.4 Å². The summed E-state index contributed by atoms with van der Waals surface area (Å²) in [5.41, 5.74) is 8.66. The summed E-state index contributed by atoms with van der Waals surface area (Å²) in [6.07, 6.45) is 3.48. The number of nitrogens with zero attached hydrogens (tertiary/aromatic N) is 2. The smallest absolute Gasteiger partial charge is 0.256 e. The van der Waals surface area contributed by atoms with Gasteiger partial charge in [-0.25, -0.2) is 4.98 Å². The van der Waals surface area contributed by atoms with Gasteiger partial charge < -0.3 is 15.6 Å². The molecule has 122 valence electrons. The Morgan fingerprint density at radius 2 is 2.04 bits per heavy atom. The molecule has 1 fully saturated rings. The number of hydrogen-bond acceptors (Lipinski definition) is 3. The summed E-state index contributed by atoms with van der Waals surface area (Å²) < 4.78 is 0. The van der Waals surface area contributed by atoms with E-state index in [9.17, 15) is 4.79 Å². The lowest BCUT2D eigenvalue weighted by Crippen LogP contribution is -2.29. The number of pyridine rings is 1. The Balaban J connectivity index is 1.62. The van der Waals surface area contributed by atoms with Gasteiger partial charge in [-0.2, -0.15) is 0 Å². The molecular formula is C19H20N4O. The van der Waals surface area contributed by atoms with Crippen molar-refractivity contribution in [3.8, 4) is 0 Å². The zero-order chi connectivity index (χ0) is 16.5. The summed E-state index contributed by atoms with van der Waals surface area (Å²) in [7, 11) is 0. The van der Waals surface area contributed by atoms with Crippen molar-refractivity contribution in [3.63, 3.8) is 0 Å². The van der Waals surface area contributed by atoms with E-state index in [2.05, 4.69) is 22.1 Å². The Labute approximate surface area is 140 Å². The first kappa shape index (κ1) is 14.9. The van der Waals surface area contributed by atoms with E-state index in [1.54, 1.807) is 12.4 Å². The van der Waals surface area contributed by atoms with E-state index in [1.807, 2.05) is 35.2 Å². The highest BCUT2D eigenvalue weighted by molar-refractivity contribution is 6.06. The number of fused-ring (bicyclic) bond motifs is 1. The van der Waals surface area contributed by atoms with Crippen molar-refractivity contribution in [2.24, 2.45) is 11.7 Å². The third-order valence-corrected chi connectivity index (χ3v) is 4.94. The van der Waals surface area contributed by atoms with Gasteiger partial charge in [-0.3, -0.25) is 4.79 Å². The predicted octanol–water partition coefficient (Wildman–Crippen LogP) is 2.38. The Kier molecular flexibility index (Phi) is 3.78. The van der Waals surface area contributed by atoms with Crippen molar-refractivity contribution < 1.29 is 4.79 Å². The van der Waals surface area contributed by atoms with Crippen LogP contribution in [0.5, 0.6) is 0 Å². The van der Waals surface area contributed by atoms with Crippen LogP contribution in [0.25, 0.3) is 11.0 Å². The molecule has 1 amide bonds. The molecule has 3 aromatic rings. The molecule has 5 nitrogen and oxygen atoms in total. The van der Waals surface area contributed by atoms with Crippen LogP contribution < -0.4 is 5.73 Å². The normalized spacial score (nSPS) is 20.6. The lowest BCUT2D eigenvalue weighted by molar-refractivity contribution is 0.0788. The summed E-state index contributed by atoms with van der Waals surface area (Å²) in [6, 6.07) is 14.1. The number of hydrogen-bond donors (Lipinski definition) is 2. The maximum Gasteiger partial charge on any atom is 0.256 e. The van der Waals surface area contributed by atoms with Crippen molar-refractivity contribution in [2.45, 2.75) is 5.92 Å². The van der Waals surface area contributed by atoms with Crippen LogP contribution in [0, 0.1) is 5.92 Å². The first-order valence-corrected chi connectivity index (χ1v) is 8.24. The molecule has 5 heteroatoms. The lowest BCUT2D eigenvalue weighted by Gasteiger charge is -2.16. The van der Waals surface area contributed by atoms with Gasteiger partial charge in [0, 0.05) is 36.8 Å². The molecule has 0 radical (unpaired) electrons. The van der Waals surface area contributed by atoms with Gasteiger partial charge in [0.25, 0.3) is 5.91 Å². The maximum absolute atomic E-state index is 13.0. The zero-order valence-electron chi connectivity index (χ0n) is 13.4. The van der Waals surface area contributed by atoms with E-state index >= 15 is 0 Å². The Morgan fingerprint density at radius 1 is 1.21 bits per heavy atom. The van der Waals surface area contributed by atoms with Crippen LogP contribution in [0.1, 0.15) is 21.8 Å². The highest BCUT2D eigenvalue weighted by Gasteiger charge is 2.36. The van der Waals surface area contributed by atoms with Gasteiger partial charge in [-0.15, -0.1) is 0 Å². The van der Waals surface area contributed by atoms with E-state index in [0.717, 1.165) is 11.0 Å². The van der Waals surface area contributed by atoms with E-state index in [-0.39, 0.29) is 5.91 Å². The molecule has 0 saturated carbocycles. The van der Waals surface area contributed by atoms with Gasteiger partial charge in [-0.05, 0) is 30.2 Å². The van der Waals surface area contributed by atoms with Gasteiger partial charge in [0.15, 0.2) is 0 Å². The predicted molar refractivity (Wildman–Crippen MR) is 93.7 cm³/mol. The highest BCUT2D eigenvalue weighted by Crippen LogP contribution is 2.33. The first-order valence-electron chi connectivity index (χ1n) is 8.24. The number of nitrogens with one attached hydrogen (secondary N) is 1. The molecule has 0 spiro atoms. The number of aromatic amines is 1. The van der Waals surface area contributed by atoms with Crippen LogP contribution >= 0.6 is 0 Å². The topological polar surface area (TPSA) is 75.0 Å². The van der Waals surface area contributed by atoms with Crippen molar-refractivity contribution in [3.05, 3.63) is 66.0 Å². The molecule has 4 rings (SSSR count). The van der Waals surface area contributed by atoms with E-state index in [1.165, 1.54) is 5.56 Å². The Bertz CT molecular complexity index is 858. The number of likely N-dealkylation sites (tertiary alicyclic amines) is 1. The minimum Gasteiger partial charge on any atom is -0.345 e. The zero-order valence-corrected chi connectivity index (χ0v) is 13.4. The minimum atomic E-state index is 0.0473. The van der Waals surface area contributed by atoms with Crippen LogP contribution in [0.2, 0.25) is 0 Å². The van der Waals surface area contributed by atoms with Crippen molar-refractivity contribution in [2.75, 3.05) is 19.6 Å². The molecule has 24 heavy (non-hydrogen) atoms. The second-order valence-corrected chi connectivity index (χ2v) is 6.33. The second kappa shape index (κ2) is 6.09. The molecule has 2 aromatic heterocycles. The van der Waals surface area contributed by atoms with Gasteiger partial charge in [0.1, 0.15) is 5.65 Å². The number of amides is 1. The number of rotatable bonds is 3. The average molecular weight is 320 g/mol. The number of H-pyrrole nitrogens is 1. The van der Waals surface area contributed by atoms with E-state index < -0.39 is 0 Å². The molecule has 3 heterocycles. The van der Waals surface area contributed by atoms with Crippen LogP contribution in [0.4, 0.5) is 0 Å². The molecule has 1 saturated heterocycles. The molecule has 0 unspecified atom stereocenters. The largest absolute Gasteiger partial charge is 0.345 e. The third kappa shape index (κ3) is 2.47. The molecule has 1 aromatic carbocycles. The highest BCUT2D eigenvalue weighted by atomic mass is 16.2. The fourth-order valence-electron chi connectivity index (χ4n) is 3.66. The van der Waals surface area contributed by atoms with Crippen LogP contribution in [0.3, 0.4) is 0 Å². The first-order chi connectivity index (χ1) is 11.8. The summed E-state index contributed by atoms with van der Waals surface area (Å²) >= 11 is 0. The molecule has 3 N–H and O–H groups in total. The van der Waals surface area contributed by atoms with Gasteiger partial charge >= 0.3 is 0 Å².